The van der Waals surface area contributed by atoms with Gasteiger partial charge in [-0.25, -0.2) is 9.78 Å². The monoisotopic (exact) mass is 284 g/mol. The summed E-state index contributed by atoms with van der Waals surface area (Å²) in [4.78, 5) is 27.1. The van der Waals surface area contributed by atoms with Crippen molar-refractivity contribution in [3.05, 3.63) is 16.1 Å². The second kappa shape index (κ2) is 7.23. The zero-order valence-corrected chi connectivity index (χ0v) is 12.3. The molecule has 0 saturated heterocycles. The Kier molecular flexibility index (Phi) is 5.95. The third-order valence-electron chi connectivity index (χ3n) is 3.03. The van der Waals surface area contributed by atoms with Crippen LogP contribution in [0.5, 0.6) is 0 Å². The fraction of sp³-hybridized carbons (Fsp3) is 0.615. The molecule has 2 N–H and O–H groups in total. The number of hydrogen-bond acceptors (Lipinski definition) is 4. The molecule has 5 nitrogen and oxygen atoms in total. The van der Waals surface area contributed by atoms with Gasteiger partial charge in [-0.3, -0.25) is 4.79 Å². The molecule has 0 aliphatic carbocycles. The van der Waals surface area contributed by atoms with Crippen LogP contribution in [0.2, 0.25) is 0 Å². The molecule has 6 heteroatoms. The van der Waals surface area contributed by atoms with Crippen molar-refractivity contribution in [2.75, 3.05) is 0 Å². The van der Waals surface area contributed by atoms with E-state index < -0.39 is 12.0 Å². The van der Waals surface area contributed by atoms with Crippen LogP contribution in [0, 0.1) is 12.8 Å². The number of rotatable bonds is 7. The number of amides is 1. The Hall–Kier alpha value is -1.43. The molecule has 2 atom stereocenters. The highest BCUT2D eigenvalue weighted by molar-refractivity contribution is 7.09. The number of aryl methyl sites for hydroxylation is 2. The lowest BCUT2D eigenvalue weighted by molar-refractivity contribution is -0.143. The number of carbonyl (C=O) groups excluding carboxylic acids is 1. The number of thiazole rings is 1. The van der Waals surface area contributed by atoms with Gasteiger partial charge < -0.3 is 10.4 Å². The third-order valence-corrected chi connectivity index (χ3v) is 4.05. The van der Waals surface area contributed by atoms with Crippen LogP contribution in [0.25, 0.3) is 0 Å². The van der Waals surface area contributed by atoms with Gasteiger partial charge in [-0.2, -0.15) is 0 Å². The van der Waals surface area contributed by atoms with Crippen LogP contribution in [0.3, 0.4) is 0 Å². The van der Waals surface area contributed by atoms with E-state index >= 15 is 0 Å². The van der Waals surface area contributed by atoms with Gasteiger partial charge in [0, 0.05) is 23.9 Å². The summed E-state index contributed by atoms with van der Waals surface area (Å²) in [5.74, 6) is -1.29. The highest BCUT2D eigenvalue weighted by Crippen LogP contribution is 2.12. The molecule has 1 amide bonds. The van der Waals surface area contributed by atoms with E-state index in [1.54, 1.807) is 0 Å². The SMILES string of the molecule is CC[C@H](C)[C@H](NC(=O)CCc1nc(C)cs1)C(=O)O. The number of hydrogen-bond donors (Lipinski definition) is 2. The van der Waals surface area contributed by atoms with Crippen LogP contribution in [0.4, 0.5) is 0 Å². The Morgan fingerprint density at radius 2 is 2.21 bits per heavy atom. The van der Waals surface area contributed by atoms with Crippen molar-refractivity contribution in [2.45, 2.75) is 46.1 Å². The standard InChI is InChI=1S/C13H20N2O3S/c1-4-8(2)12(13(17)18)15-10(16)5-6-11-14-9(3)7-19-11/h7-8,12H,4-6H2,1-3H3,(H,15,16)(H,17,18)/t8-,12-/m0/s1. The van der Waals surface area contributed by atoms with Crippen molar-refractivity contribution < 1.29 is 14.7 Å². The molecule has 0 radical (unpaired) electrons. The summed E-state index contributed by atoms with van der Waals surface area (Å²) >= 11 is 1.52. The molecule has 0 bridgehead atoms. The van der Waals surface area contributed by atoms with E-state index in [4.69, 9.17) is 5.11 Å². The van der Waals surface area contributed by atoms with Gasteiger partial charge in [-0.1, -0.05) is 20.3 Å². The molecular weight excluding hydrogens is 264 g/mol. The Morgan fingerprint density at radius 1 is 1.53 bits per heavy atom. The first-order valence-electron chi connectivity index (χ1n) is 6.37. The van der Waals surface area contributed by atoms with E-state index in [9.17, 15) is 9.59 Å². The minimum absolute atomic E-state index is 0.0800. The zero-order valence-electron chi connectivity index (χ0n) is 11.5. The van der Waals surface area contributed by atoms with E-state index in [0.29, 0.717) is 12.8 Å². The lowest BCUT2D eigenvalue weighted by Crippen LogP contribution is -2.45. The number of nitrogens with zero attached hydrogens (tertiary/aromatic N) is 1. The van der Waals surface area contributed by atoms with E-state index in [1.807, 2.05) is 26.2 Å². The Morgan fingerprint density at radius 3 is 2.68 bits per heavy atom. The highest BCUT2D eigenvalue weighted by Gasteiger charge is 2.25. The average molecular weight is 284 g/mol. The van der Waals surface area contributed by atoms with Gasteiger partial charge in [0.1, 0.15) is 6.04 Å². The number of aromatic nitrogens is 1. The number of nitrogens with one attached hydrogen (secondary N) is 1. The number of aliphatic carboxylic acids is 1. The van der Waals surface area contributed by atoms with Crippen molar-refractivity contribution >= 4 is 23.2 Å². The van der Waals surface area contributed by atoms with E-state index in [0.717, 1.165) is 10.7 Å². The molecule has 0 saturated carbocycles. The largest absolute Gasteiger partial charge is 0.480 e. The predicted octanol–water partition coefficient (Wildman–Crippen LogP) is 2.00. The van der Waals surface area contributed by atoms with Crippen molar-refractivity contribution in [2.24, 2.45) is 5.92 Å². The molecule has 1 aromatic rings. The minimum atomic E-state index is -0.979. The molecule has 0 fully saturated rings. The summed E-state index contributed by atoms with van der Waals surface area (Å²) in [5, 5.41) is 14.5. The number of carbonyl (C=O) groups is 2. The van der Waals surface area contributed by atoms with Gasteiger partial charge in [-0.15, -0.1) is 11.3 Å². The maximum absolute atomic E-state index is 11.8. The Bertz CT molecular complexity index is 445. The molecule has 0 aromatic carbocycles. The normalized spacial score (nSPS) is 13.8. The summed E-state index contributed by atoms with van der Waals surface area (Å²) < 4.78 is 0. The Labute approximate surface area is 117 Å². The molecule has 0 aliphatic rings. The first-order valence-corrected chi connectivity index (χ1v) is 7.25. The minimum Gasteiger partial charge on any atom is -0.480 e. The van der Waals surface area contributed by atoms with Gasteiger partial charge in [0.05, 0.1) is 5.01 Å². The summed E-state index contributed by atoms with van der Waals surface area (Å²) in [6.07, 6.45) is 1.53. The first-order chi connectivity index (χ1) is 8.93. The molecule has 106 valence electrons. The van der Waals surface area contributed by atoms with E-state index in [1.165, 1.54) is 11.3 Å². The Balaban J connectivity index is 2.46. The van der Waals surface area contributed by atoms with Crippen molar-refractivity contribution in [1.82, 2.24) is 10.3 Å². The van der Waals surface area contributed by atoms with Crippen LogP contribution in [-0.2, 0) is 16.0 Å². The van der Waals surface area contributed by atoms with Crippen LogP contribution in [-0.4, -0.2) is 28.0 Å². The van der Waals surface area contributed by atoms with Gasteiger partial charge in [0.25, 0.3) is 0 Å². The van der Waals surface area contributed by atoms with Crippen LogP contribution < -0.4 is 5.32 Å². The molecular formula is C13H20N2O3S. The molecule has 1 heterocycles. The molecule has 0 unspecified atom stereocenters. The smallest absolute Gasteiger partial charge is 0.326 e. The second-order valence-electron chi connectivity index (χ2n) is 4.65. The predicted molar refractivity (Wildman–Crippen MR) is 74.2 cm³/mol. The zero-order chi connectivity index (χ0) is 14.4. The highest BCUT2D eigenvalue weighted by atomic mass is 32.1. The topological polar surface area (TPSA) is 79.3 Å². The second-order valence-corrected chi connectivity index (χ2v) is 5.59. The first kappa shape index (κ1) is 15.6. The van der Waals surface area contributed by atoms with Crippen LogP contribution in [0.15, 0.2) is 5.38 Å². The lowest BCUT2D eigenvalue weighted by Gasteiger charge is -2.19. The van der Waals surface area contributed by atoms with E-state index in [2.05, 4.69) is 10.3 Å². The third kappa shape index (κ3) is 4.98. The molecule has 19 heavy (non-hydrogen) atoms. The van der Waals surface area contributed by atoms with Crippen LogP contribution in [0.1, 0.15) is 37.4 Å². The molecule has 0 aliphatic heterocycles. The maximum Gasteiger partial charge on any atom is 0.326 e. The summed E-state index contributed by atoms with van der Waals surface area (Å²) in [6, 6.07) is -0.810. The number of carboxylic acid groups (broad SMARTS) is 1. The van der Waals surface area contributed by atoms with E-state index in [-0.39, 0.29) is 18.2 Å². The molecule has 1 rings (SSSR count). The summed E-state index contributed by atoms with van der Waals surface area (Å²) in [6.45, 7) is 5.64. The van der Waals surface area contributed by atoms with Gasteiger partial charge >= 0.3 is 5.97 Å². The van der Waals surface area contributed by atoms with Crippen LogP contribution >= 0.6 is 11.3 Å². The summed E-state index contributed by atoms with van der Waals surface area (Å²) in [7, 11) is 0. The van der Waals surface area contributed by atoms with Crippen molar-refractivity contribution in [3.63, 3.8) is 0 Å². The lowest BCUT2D eigenvalue weighted by atomic mass is 9.99. The fourth-order valence-electron chi connectivity index (χ4n) is 1.67. The summed E-state index contributed by atoms with van der Waals surface area (Å²) in [5.41, 5.74) is 0.948. The molecule has 0 spiro atoms. The quantitative estimate of drug-likeness (QED) is 0.802. The number of carboxylic acids is 1. The fourth-order valence-corrected chi connectivity index (χ4v) is 2.44. The van der Waals surface area contributed by atoms with Gasteiger partial charge in [0.15, 0.2) is 0 Å². The van der Waals surface area contributed by atoms with Gasteiger partial charge in [-0.05, 0) is 12.8 Å². The molecule has 1 aromatic heterocycles. The van der Waals surface area contributed by atoms with Crippen molar-refractivity contribution in [3.8, 4) is 0 Å². The van der Waals surface area contributed by atoms with Gasteiger partial charge in [0.2, 0.25) is 5.91 Å². The maximum atomic E-state index is 11.8. The van der Waals surface area contributed by atoms with Crippen molar-refractivity contribution in [1.29, 1.82) is 0 Å². The average Bonchev–Trinajstić information content (AvgIpc) is 2.78.